The molecule has 94 valence electrons. The molecule has 0 saturated carbocycles. The Kier molecular flexibility index (Phi) is 3.68. The number of aliphatic hydroxyl groups is 1. The minimum absolute atomic E-state index is 0.611. The molecule has 0 saturated heterocycles. The molecule has 2 rings (SSSR count). The van der Waals surface area contributed by atoms with Gasteiger partial charge in [0.05, 0.1) is 7.11 Å². The third-order valence-electron chi connectivity index (χ3n) is 3.14. The molecule has 0 radical (unpaired) electrons. The van der Waals surface area contributed by atoms with Gasteiger partial charge in [-0.3, -0.25) is 0 Å². The van der Waals surface area contributed by atoms with E-state index in [1.54, 1.807) is 7.11 Å². The van der Waals surface area contributed by atoms with Crippen molar-refractivity contribution in [1.82, 2.24) is 0 Å². The highest BCUT2D eigenvalue weighted by Crippen LogP contribution is 2.27. The van der Waals surface area contributed by atoms with Crippen molar-refractivity contribution < 1.29 is 9.84 Å². The van der Waals surface area contributed by atoms with Crippen LogP contribution in [0, 0.1) is 13.8 Å². The Labute approximate surface area is 108 Å². The van der Waals surface area contributed by atoms with Gasteiger partial charge in [0.15, 0.2) is 0 Å². The predicted octanol–water partition coefficient (Wildman–Crippen LogP) is 3.39. The molecule has 1 unspecified atom stereocenters. The van der Waals surface area contributed by atoms with Crippen LogP contribution in [0.2, 0.25) is 0 Å². The van der Waals surface area contributed by atoms with E-state index in [1.807, 2.05) is 50.2 Å². The Morgan fingerprint density at radius 1 is 1.06 bits per heavy atom. The molecule has 0 bridgehead atoms. The van der Waals surface area contributed by atoms with Crippen molar-refractivity contribution in [2.24, 2.45) is 0 Å². The Morgan fingerprint density at radius 2 is 1.83 bits per heavy atom. The maximum Gasteiger partial charge on any atom is 0.119 e. The van der Waals surface area contributed by atoms with Crippen molar-refractivity contribution in [3.05, 3.63) is 64.7 Å². The first-order valence-electron chi connectivity index (χ1n) is 6.01. The van der Waals surface area contributed by atoms with Gasteiger partial charge in [0.25, 0.3) is 0 Å². The van der Waals surface area contributed by atoms with E-state index in [4.69, 9.17) is 4.74 Å². The lowest BCUT2D eigenvalue weighted by Gasteiger charge is -2.15. The molecule has 0 spiro atoms. The normalized spacial score (nSPS) is 12.2. The number of hydrogen-bond donors (Lipinski definition) is 1. The number of rotatable bonds is 3. The van der Waals surface area contributed by atoms with Crippen molar-refractivity contribution >= 4 is 0 Å². The lowest BCUT2D eigenvalue weighted by molar-refractivity contribution is 0.219. The fourth-order valence-corrected chi connectivity index (χ4v) is 2.05. The van der Waals surface area contributed by atoms with Gasteiger partial charge < -0.3 is 9.84 Å². The first-order valence-corrected chi connectivity index (χ1v) is 6.01. The van der Waals surface area contributed by atoms with Crippen molar-refractivity contribution in [1.29, 1.82) is 0 Å². The van der Waals surface area contributed by atoms with Crippen LogP contribution in [0.1, 0.15) is 28.4 Å². The molecule has 0 aliphatic rings. The van der Waals surface area contributed by atoms with E-state index in [0.717, 1.165) is 28.0 Å². The number of aryl methyl sites for hydroxylation is 2. The van der Waals surface area contributed by atoms with Gasteiger partial charge in [-0.1, -0.05) is 35.9 Å². The van der Waals surface area contributed by atoms with Gasteiger partial charge in [-0.2, -0.15) is 0 Å². The number of methoxy groups -OCH3 is 1. The van der Waals surface area contributed by atoms with E-state index in [-0.39, 0.29) is 0 Å². The maximum atomic E-state index is 10.5. The molecule has 18 heavy (non-hydrogen) atoms. The monoisotopic (exact) mass is 242 g/mol. The van der Waals surface area contributed by atoms with Crippen LogP contribution < -0.4 is 4.74 Å². The fourth-order valence-electron chi connectivity index (χ4n) is 2.05. The highest BCUT2D eigenvalue weighted by molar-refractivity contribution is 5.40. The third-order valence-corrected chi connectivity index (χ3v) is 3.14. The summed E-state index contributed by atoms with van der Waals surface area (Å²) in [6.45, 7) is 4.04. The Morgan fingerprint density at radius 3 is 2.56 bits per heavy atom. The molecular weight excluding hydrogens is 224 g/mol. The first kappa shape index (κ1) is 12.7. The molecule has 1 atom stereocenters. The number of ether oxygens (including phenoxy) is 1. The van der Waals surface area contributed by atoms with E-state index >= 15 is 0 Å². The van der Waals surface area contributed by atoms with Gasteiger partial charge in [0.1, 0.15) is 11.9 Å². The van der Waals surface area contributed by atoms with Gasteiger partial charge in [0.2, 0.25) is 0 Å². The molecule has 2 aromatic carbocycles. The molecule has 0 aliphatic heterocycles. The van der Waals surface area contributed by atoms with Crippen LogP contribution in [0.25, 0.3) is 0 Å². The van der Waals surface area contributed by atoms with Crippen molar-refractivity contribution in [2.75, 3.05) is 7.11 Å². The molecule has 2 aromatic rings. The Bertz CT molecular complexity index is 547. The van der Waals surface area contributed by atoms with Crippen LogP contribution in [0.15, 0.2) is 42.5 Å². The van der Waals surface area contributed by atoms with E-state index in [9.17, 15) is 5.11 Å². The van der Waals surface area contributed by atoms with E-state index < -0.39 is 6.10 Å². The zero-order valence-corrected chi connectivity index (χ0v) is 11.0. The summed E-state index contributed by atoms with van der Waals surface area (Å²) in [6.07, 6.45) is -0.611. The largest absolute Gasteiger partial charge is 0.497 e. The summed E-state index contributed by atoms with van der Waals surface area (Å²) in [7, 11) is 1.63. The number of aliphatic hydroxyl groups excluding tert-OH is 1. The molecule has 0 fully saturated rings. The molecule has 0 amide bonds. The minimum atomic E-state index is -0.611. The summed E-state index contributed by atoms with van der Waals surface area (Å²) in [6, 6.07) is 13.7. The number of hydrogen-bond acceptors (Lipinski definition) is 2. The van der Waals surface area contributed by atoms with Crippen molar-refractivity contribution in [2.45, 2.75) is 20.0 Å². The third kappa shape index (κ3) is 2.54. The zero-order valence-electron chi connectivity index (χ0n) is 11.0. The van der Waals surface area contributed by atoms with E-state index in [1.165, 1.54) is 0 Å². The standard InChI is InChI=1S/C16H18O2/c1-11-7-8-12(2)15(9-11)16(17)13-5-4-6-14(10-13)18-3/h4-10,16-17H,1-3H3. The topological polar surface area (TPSA) is 29.5 Å². The molecule has 2 heteroatoms. The van der Waals surface area contributed by atoms with Crippen LogP contribution in [0.4, 0.5) is 0 Å². The fraction of sp³-hybridized carbons (Fsp3) is 0.250. The molecule has 2 nitrogen and oxygen atoms in total. The summed E-state index contributed by atoms with van der Waals surface area (Å²) in [4.78, 5) is 0. The summed E-state index contributed by atoms with van der Waals surface area (Å²) in [5.74, 6) is 0.761. The average molecular weight is 242 g/mol. The van der Waals surface area contributed by atoms with Crippen molar-refractivity contribution in [3.63, 3.8) is 0 Å². The SMILES string of the molecule is COc1cccc(C(O)c2cc(C)ccc2C)c1. The second kappa shape index (κ2) is 5.23. The second-order valence-electron chi connectivity index (χ2n) is 4.54. The quantitative estimate of drug-likeness (QED) is 0.894. The summed E-state index contributed by atoms with van der Waals surface area (Å²) < 4.78 is 5.18. The molecule has 0 heterocycles. The molecule has 0 aromatic heterocycles. The minimum Gasteiger partial charge on any atom is -0.497 e. The summed E-state index contributed by atoms with van der Waals surface area (Å²) in [5.41, 5.74) is 4.04. The lowest BCUT2D eigenvalue weighted by atomic mass is 9.96. The second-order valence-corrected chi connectivity index (χ2v) is 4.54. The maximum absolute atomic E-state index is 10.5. The van der Waals surface area contributed by atoms with Gasteiger partial charge in [0, 0.05) is 0 Å². The predicted molar refractivity (Wildman–Crippen MR) is 73.0 cm³/mol. The summed E-state index contributed by atoms with van der Waals surface area (Å²) in [5, 5.41) is 10.5. The van der Waals surface area contributed by atoms with E-state index in [0.29, 0.717) is 0 Å². The number of benzene rings is 2. The Hall–Kier alpha value is -1.80. The highest BCUT2D eigenvalue weighted by atomic mass is 16.5. The molecular formula is C16H18O2. The lowest BCUT2D eigenvalue weighted by Crippen LogP contribution is -2.02. The van der Waals surface area contributed by atoms with Crippen molar-refractivity contribution in [3.8, 4) is 5.75 Å². The van der Waals surface area contributed by atoms with Crippen LogP contribution in [-0.4, -0.2) is 12.2 Å². The molecule has 0 aliphatic carbocycles. The van der Waals surface area contributed by atoms with Crippen LogP contribution in [0.5, 0.6) is 5.75 Å². The van der Waals surface area contributed by atoms with Gasteiger partial charge >= 0.3 is 0 Å². The smallest absolute Gasteiger partial charge is 0.119 e. The highest BCUT2D eigenvalue weighted by Gasteiger charge is 2.13. The molecule has 1 N–H and O–H groups in total. The Balaban J connectivity index is 2.40. The van der Waals surface area contributed by atoms with Gasteiger partial charge in [-0.05, 0) is 42.7 Å². The van der Waals surface area contributed by atoms with Crippen LogP contribution >= 0.6 is 0 Å². The van der Waals surface area contributed by atoms with E-state index in [2.05, 4.69) is 6.07 Å². The first-order chi connectivity index (χ1) is 8.61. The summed E-state index contributed by atoms with van der Waals surface area (Å²) >= 11 is 0. The van der Waals surface area contributed by atoms with Crippen LogP contribution in [-0.2, 0) is 0 Å². The van der Waals surface area contributed by atoms with Gasteiger partial charge in [-0.25, -0.2) is 0 Å². The zero-order chi connectivity index (χ0) is 13.1. The average Bonchev–Trinajstić information content (AvgIpc) is 2.41. The van der Waals surface area contributed by atoms with Crippen LogP contribution in [0.3, 0.4) is 0 Å². The van der Waals surface area contributed by atoms with Gasteiger partial charge in [-0.15, -0.1) is 0 Å².